The van der Waals surface area contributed by atoms with Crippen LogP contribution in [0.25, 0.3) is 113 Å². The number of carbonyl (C=O) groups is 4. The molecule has 0 fully saturated rings. The van der Waals surface area contributed by atoms with Gasteiger partial charge in [-0.05, 0) is 110 Å². The second-order valence-corrected chi connectivity index (χ2v) is 19.2. The summed E-state index contributed by atoms with van der Waals surface area (Å²) in [5.74, 6) is -2.51. The second kappa shape index (κ2) is 21.2. The molecule has 0 spiro atoms. The van der Waals surface area contributed by atoms with Gasteiger partial charge in [-0.2, -0.15) is 0 Å². The van der Waals surface area contributed by atoms with Gasteiger partial charge in [0.15, 0.2) is 0 Å². The average Bonchev–Trinajstić information content (AvgIpc) is 4.40. The number of carbonyl (C=O) groups excluding carboxylic acids is 4. The summed E-state index contributed by atoms with van der Waals surface area (Å²) in [5, 5.41) is 0. The zero-order valence-electron chi connectivity index (χ0n) is 45.1. The van der Waals surface area contributed by atoms with E-state index < -0.39 is 23.9 Å². The van der Waals surface area contributed by atoms with Gasteiger partial charge in [-0.15, -0.1) is 0 Å². The monoisotopic (exact) mass is 1060 g/mol. The Kier molecular flexibility index (Phi) is 13.7. The average molecular weight is 1060 g/mol. The number of aryl methyl sites for hydroxylation is 4. The number of pyridine rings is 2. The maximum atomic E-state index is 13.4. The van der Waals surface area contributed by atoms with E-state index in [1.165, 1.54) is 28.4 Å². The van der Waals surface area contributed by atoms with Crippen LogP contribution in [-0.2, 0) is 18.9 Å². The van der Waals surface area contributed by atoms with Gasteiger partial charge in [0.1, 0.15) is 0 Å². The number of hydrogen-bond acceptors (Lipinski definition) is 12. The molecule has 14 nitrogen and oxygen atoms in total. The maximum absolute atomic E-state index is 13.4. The molecule has 80 heavy (non-hydrogen) atoms. The Morgan fingerprint density at radius 1 is 0.300 bits per heavy atom. The van der Waals surface area contributed by atoms with Crippen molar-refractivity contribution < 1.29 is 38.1 Å². The quantitative estimate of drug-likeness (QED) is 0.0976. The highest BCUT2D eigenvalue weighted by atomic mass is 16.5. The molecule has 0 saturated heterocycles. The SMILES string of the molecule is COC(=O)c1c(C)nc(C)c(C(=O)OC)c1-c1ccc(-c2c3nc(c(-c4ccccc4)c4ccc([nH]4)c(-c4ccc(-c5c(C(=O)OC)c(C)nc(C)c5C(=O)OC)cc4)c4nc(c(-c5ccccc5)c5ccc2[nH]5)C=C4)C=C3)cc1. The lowest BCUT2D eigenvalue weighted by atomic mass is 9.91. The number of aromatic amines is 2. The van der Waals surface area contributed by atoms with Crippen molar-refractivity contribution in [2.45, 2.75) is 27.7 Å². The van der Waals surface area contributed by atoms with Crippen LogP contribution in [0.15, 0.2) is 133 Å². The van der Waals surface area contributed by atoms with Crippen LogP contribution >= 0.6 is 0 Å². The topological polar surface area (TPSA) is 188 Å². The fraction of sp³-hybridized carbons (Fsp3) is 0.121. The number of fused-ring (bicyclic) bond motifs is 8. The van der Waals surface area contributed by atoms with Crippen molar-refractivity contribution in [3.05, 3.63) is 201 Å². The summed E-state index contributed by atoms with van der Waals surface area (Å²) < 4.78 is 20.9. The molecule has 14 heteroatoms. The Labute approximate surface area is 460 Å². The summed E-state index contributed by atoms with van der Waals surface area (Å²) in [5.41, 5.74) is 16.9. The maximum Gasteiger partial charge on any atom is 0.340 e. The molecule has 2 aliphatic rings. The van der Waals surface area contributed by atoms with E-state index in [2.05, 4.69) is 44.2 Å². The molecule has 2 N–H and O–H groups in total. The Morgan fingerprint density at radius 3 is 0.762 bits per heavy atom. The van der Waals surface area contributed by atoms with Gasteiger partial charge in [-0.25, -0.2) is 29.1 Å². The fourth-order valence-corrected chi connectivity index (χ4v) is 10.9. The van der Waals surface area contributed by atoms with Crippen molar-refractivity contribution in [2.75, 3.05) is 28.4 Å². The van der Waals surface area contributed by atoms with E-state index in [-0.39, 0.29) is 22.3 Å². The first kappa shape index (κ1) is 51.8. The van der Waals surface area contributed by atoms with Gasteiger partial charge in [-0.3, -0.25) is 9.97 Å². The lowest BCUT2D eigenvalue weighted by Gasteiger charge is -2.17. The number of esters is 4. The van der Waals surface area contributed by atoms with Crippen LogP contribution in [0.3, 0.4) is 0 Å². The van der Waals surface area contributed by atoms with Crippen molar-refractivity contribution in [1.29, 1.82) is 0 Å². The first-order valence-corrected chi connectivity index (χ1v) is 25.7. The van der Waals surface area contributed by atoms with Gasteiger partial charge < -0.3 is 28.9 Å². The van der Waals surface area contributed by atoms with E-state index in [1.807, 2.05) is 133 Å². The highest BCUT2D eigenvalue weighted by Crippen LogP contribution is 2.41. The lowest BCUT2D eigenvalue weighted by molar-refractivity contribution is 0.0580. The number of H-pyrrole nitrogens is 2. The molecule has 0 aliphatic carbocycles. The third kappa shape index (κ3) is 9.11. The van der Waals surface area contributed by atoms with Crippen LogP contribution in [0.4, 0.5) is 0 Å². The lowest BCUT2D eigenvalue weighted by Crippen LogP contribution is -2.16. The van der Waals surface area contributed by atoms with E-state index in [0.29, 0.717) is 67.8 Å². The number of nitrogens with one attached hydrogen (secondary N) is 2. The Hall–Kier alpha value is -10.3. The first-order valence-electron chi connectivity index (χ1n) is 25.7. The predicted octanol–water partition coefficient (Wildman–Crippen LogP) is 13.8. The molecule has 394 valence electrons. The molecule has 0 saturated carbocycles. The van der Waals surface area contributed by atoms with Gasteiger partial charge in [0, 0.05) is 55.4 Å². The Bertz CT molecular complexity index is 3920. The number of aromatic nitrogens is 6. The number of nitrogens with zero attached hydrogens (tertiary/aromatic N) is 4. The third-order valence-electron chi connectivity index (χ3n) is 14.5. The number of benzene rings is 4. The summed E-state index contributed by atoms with van der Waals surface area (Å²) in [4.78, 5) is 81.2. The summed E-state index contributed by atoms with van der Waals surface area (Å²) in [6, 6.07) is 43.7. The van der Waals surface area contributed by atoms with Crippen molar-refractivity contribution in [3.8, 4) is 66.8 Å². The minimum atomic E-state index is -0.626. The van der Waals surface area contributed by atoms with Crippen LogP contribution in [0.1, 0.15) is 87.0 Å². The first-order chi connectivity index (χ1) is 38.8. The molecule has 2 aliphatic heterocycles. The zero-order valence-corrected chi connectivity index (χ0v) is 45.1. The number of hydrogen-bond donors (Lipinski definition) is 2. The minimum Gasteiger partial charge on any atom is -0.465 e. The van der Waals surface area contributed by atoms with Crippen molar-refractivity contribution in [2.24, 2.45) is 0 Å². The van der Waals surface area contributed by atoms with Crippen LogP contribution in [-0.4, -0.2) is 82.2 Å². The normalized spacial score (nSPS) is 11.6. The highest BCUT2D eigenvalue weighted by Gasteiger charge is 2.30. The molecule has 7 heterocycles. The molecule has 5 aromatic heterocycles. The number of rotatable bonds is 10. The molecule has 0 radical (unpaired) electrons. The molecule has 4 aromatic carbocycles. The molecule has 0 amide bonds. The summed E-state index contributed by atoms with van der Waals surface area (Å²) >= 11 is 0. The van der Waals surface area contributed by atoms with Gasteiger partial charge in [0.2, 0.25) is 0 Å². The minimum absolute atomic E-state index is 0.171. The van der Waals surface area contributed by atoms with Crippen molar-refractivity contribution in [1.82, 2.24) is 29.9 Å². The Morgan fingerprint density at radius 2 is 0.525 bits per heavy atom. The predicted molar refractivity (Wildman–Crippen MR) is 311 cm³/mol. The number of methoxy groups -OCH3 is 4. The van der Waals surface area contributed by atoms with Gasteiger partial charge in [0.25, 0.3) is 0 Å². The van der Waals surface area contributed by atoms with Crippen molar-refractivity contribution in [3.63, 3.8) is 0 Å². The highest BCUT2D eigenvalue weighted by molar-refractivity contribution is 6.09. The molecular weight excluding hydrogens is 1000 g/mol. The van der Waals surface area contributed by atoms with Crippen LogP contribution in [0.2, 0.25) is 0 Å². The van der Waals surface area contributed by atoms with Gasteiger partial charge in [-0.1, -0.05) is 109 Å². The summed E-state index contributed by atoms with van der Waals surface area (Å²) in [6.07, 6.45) is 8.06. The molecule has 8 bridgehead atoms. The summed E-state index contributed by atoms with van der Waals surface area (Å²) in [6.45, 7) is 6.86. The van der Waals surface area contributed by atoms with Gasteiger partial charge in [0.05, 0.1) is 96.2 Å². The summed E-state index contributed by atoms with van der Waals surface area (Å²) in [7, 11) is 5.19. The molecule has 9 aromatic rings. The molecule has 11 rings (SSSR count). The van der Waals surface area contributed by atoms with Crippen LogP contribution in [0.5, 0.6) is 0 Å². The zero-order chi connectivity index (χ0) is 55.9. The van der Waals surface area contributed by atoms with E-state index in [0.717, 1.165) is 66.6 Å². The smallest absolute Gasteiger partial charge is 0.340 e. The molecular formula is C66H52N6O8. The fourth-order valence-electron chi connectivity index (χ4n) is 10.9. The van der Waals surface area contributed by atoms with Crippen molar-refractivity contribution >= 4 is 70.2 Å². The van der Waals surface area contributed by atoms with Gasteiger partial charge >= 0.3 is 23.9 Å². The van der Waals surface area contributed by atoms with Crippen LogP contribution in [0, 0.1) is 27.7 Å². The van der Waals surface area contributed by atoms with E-state index >= 15 is 0 Å². The van der Waals surface area contributed by atoms with E-state index in [4.69, 9.17) is 28.9 Å². The standard InChI is InChI=1S/C66H52N6O8/c1-35-53(63(73)77-5)61(54(36(2)67-35)64(74)78-6)43-23-19-41(20-24-43)59-49-31-27-45(69-49)57(39-15-11-9-12-16-39)47-29-33-51(71-47)60(52-34-30-48(72-52)58(40-17-13-10-14-18-40)46-28-32-50(59)70-46)42-21-25-44(26-22-42)62-55(65(75)79-7)37(3)68-38(4)56(62)66(76)80-8/h9-34,69,72H,1-8H3. The molecule has 0 unspecified atom stereocenters. The molecule has 0 atom stereocenters. The largest absolute Gasteiger partial charge is 0.465 e. The van der Waals surface area contributed by atoms with Crippen LogP contribution < -0.4 is 0 Å². The third-order valence-corrected chi connectivity index (χ3v) is 14.5. The Balaban J connectivity index is 1.19. The van der Waals surface area contributed by atoms with E-state index in [1.54, 1.807) is 27.7 Å². The second-order valence-electron chi connectivity index (χ2n) is 19.2. The van der Waals surface area contributed by atoms with E-state index in [9.17, 15) is 19.2 Å². The number of ether oxygens (including phenoxy) is 4.